The molecule has 0 aliphatic carbocycles. The molecule has 0 bridgehead atoms. The van der Waals surface area contributed by atoms with Gasteiger partial charge in [0.2, 0.25) is 11.8 Å². The number of ether oxygens (including phenoxy) is 1. The number of nitrogens with zero attached hydrogens (tertiary/aromatic N) is 5. The number of aryl methyl sites for hydroxylation is 1. The Morgan fingerprint density at radius 2 is 1.77 bits per heavy atom. The summed E-state index contributed by atoms with van der Waals surface area (Å²) in [6.45, 7) is 7.93. The molecule has 1 fully saturated rings. The molecule has 0 amide bonds. The monoisotopic (exact) mass is 566 g/mol. The van der Waals surface area contributed by atoms with Crippen molar-refractivity contribution in [2.75, 3.05) is 37.7 Å². The van der Waals surface area contributed by atoms with Crippen LogP contribution in [-0.2, 0) is 0 Å². The summed E-state index contributed by atoms with van der Waals surface area (Å²) in [6, 6.07) is 14.8. The van der Waals surface area contributed by atoms with Gasteiger partial charge in [0.15, 0.2) is 5.82 Å². The number of anilines is 1. The van der Waals surface area contributed by atoms with Gasteiger partial charge in [-0.15, -0.1) is 11.3 Å². The number of aromatic nitrogens is 4. The molecule has 4 heterocycles. The molecule has 194 valence electrons. The van der Waals surface area contributed by atoms with E-state index in [0.717, 1.165) is 69.0 Å². The fourth-order valence-electron chi connectivity index (χ4n) is 4.68. The van der Waals surface area contributed by atoms with Crippen LogP contribution in [-0.4, -0.2) is 115 Å². The molecule has 2 aromatic carbocycles. The number of carboxylic acids is 1. The van der Waals surface area contributed by atoms with Gasteiger partial charge in [-0.05, 0) is 37.1 Å². The number of rotatable bonds is 6. The molecule has 0 atom stereocenters. The standard InChI is InChI=1S/C28H26N6O3S.K.H/c1-3-37-25-23-22(31-28(33-25)34-13-11-29-12-14-34)21-16(2)30-24(32-26(21)38-23)18-9-7-17(8-10-18)19-5-4-6-20(15-19)27(35)36;;/h4-10,15,29H,3,11-14H2,1-2H3,(H,35,36);;. The van der Waals surface area contributed by atoms with Crippen LogP contribution in [0.3, 0.4) is 0 Å². The number of aromatic carboxylic acids is 1. The van der Waals surface area contributed by atoms with Gasteiger partial charge in [-0.1, -0.05) is 36.4 Å². The summed E-state index contributed by atoms with van der Waals surface area (Å²) in [7, 11) is 0. The zero-order valence-corrected chi connectivity index (χ0v) is 21.9. The summed E-state index contributed by atoms with van der Waals surface area (Å²) in [5.74, 6) is 0.943. The molecule has 39 heavy (non-hydrogen) atoms. The molecule has 0 saturated carbocycles. The molecule has 1 saturated heterocycles. The second-order valence-corrected chi connectivity index (χ2v) is 10.1. The van der Waals surface area contributed by atoms with Crippen LogP contribution < -0.4 is 15.0 Å². The van der Waals surface area contributed by atoms with Gasteiger partial charge in [-0.2, -0.15) is 4.98 Å². The van der Waals surface area contributed by atoms with E-state index < -0.39 is 5.97 Å². The van der Waals surface area contributed by atoms with E-state index in [0.29, 0.717) is 24.3 Å². The number of hydrogen-bond donors (Lipinski definition) is 2. The molecule has 3 aromatic heterocycles. The Morgan fingerprint density at radius 3 is 2.49 bits per heavy atom. The second kappa shape index (κ2) is 11.9. The summed E-state index contributed by atoms with van der Waals surface area (Å²) in [5, 5.41) is 13.6. The minimum atomic E-state index is -0.943. The van der Waals surface area contributed by atoms with Crippen LogP contribution >= 0.6 is 11.3 Å². The predicted molar refractivity (Wildman–Crippen MR) is 156 cm³/mol. The van der Waals surface area contributed by atoms with Crippen LogP contribution in [0.1, 0.15) is 23.0 Å². The van der Waals surface area contributed by atoms with E-state index in [9.17, 15) is 9.90 Å². The normalized spacial score (nSPS) is 13.4. The molecule has 5 aromatic rings. The molecular weight excluding hydrogens is 540 g/mol. The number of nitrogens with one attached hydrogen (secondary N) is 1. The average molecular weight is 567 g/mol. The van der Waals surface area contributed by atoms with Gasteiger partial charge < -0.3 is 20.1 Å². The number of hydrogen-bond acceptors (Lipinski definition) is 9. The Labute approximate surface area is 272 Å². The van der Waals surface area contributed by atoms with Gasteiger partial charge >= 0.3 is 57.4 Å². The van der Waals surface area contributed by atoms with Crippen LogP contribution in [0.15, 0.2) is 48.5 Å². The minimum absolute atomic E-state index is 0. The summed E-state index contributed by atoms with van der Waals surface area (Å²) in [4.78, 5) is 33.8. The fourth-order valence-corrected chi connectivity index (χ4v) is 5.79. The number of benzene rings is 2. The van der Waals surface area contributed by atoms with Crippen LogP contribution in [0.5, 0.6) is 5.88 Å². The van der Waals surface area contributed by atoms with Crippen molar-refractivity contribution in [2.45, 2.75) is 13.8 Å². The summed E-state index contributed by atoms with van der Waals surface area (Å²) < 4.78 is 6.82. The number of thiophene rings is 1. The van der Waals surface area contributed by atoms with Gasteiger partial charge in [-0.25, -0.2) is 19.7 Å². The Hall–Kier alpha value is -2.51. The van der Waals surface area contributed by atoms with E-state index in [2.05, 4.69) is 10.2 Å². The van der Waals surface area contributed by atoms with E-state index in [4.69, 9.17) is 24.7 Å². The Balaban J connectivity index is 0.00000308. The molecule has 11 heteroatoms. The third kappa shape index (κ3) is 5.57. The zero-order chi connectivity index (χ0) is 26.2. The molecule has 0 unspecified atom stereocenters. The Morgan fingerprint density at radius 1 is 1.03 bits per heavy atom. The van der Waals surface area contributed by atoms with Gasteiger partial charge in [-0.3, -0.25) is 0 Å². The van der Waals surface area contributed by atoms with E-state index >= 15 is 0 Å². The first-order valence-electron chi connectivity index (χ1n) is 12.5. The van der Waals surface area contributed by atoms with Crippen molar-refractivity contribution in [3.05, 3.63) is 59.8 Å². The number of carbonyl (C=O) groups is 1. The average Bonchev–Trinajstić information content (AvgIpc) is 3.33. The predicted octanol–water partition coefficient (Wildman–Crippen LogP) is 4.13. The maximum atomic E-state index is 11.3. The third-order valence-corrected chi connectivity index (χ3v) is 7.64. The van der Waals surface area contributed by atoms with Crippen molar-refractivity contribution < 1.29 is 14.6 Å². The second-order valence-electron chi connectivity index (χ2n) is 9.05. The van der Waals surface area contributed by atoms with Gasteiger partial charge in [0.1, 0.15) is 15.0 Å². The molecule has 2 N–H and O–H groups in total. The van der Waals surface area contributed by atoms with Crippen molar-refractivity contribution >= 4 is 95.1 Å². The first-order chi connectivity index (χ1) is 18.5. The van der Waals surface area contributed by atoms with E-state index in [1.54, 1.807) is 18.2 Å². The molecule has 0 spiro atoms. The number of carboxylic acid groups (broad SMARTS) is 1. The molecular formula is C28H27KN6O3S. The maximum absolute atomic E-state index is 11.3. The van der Waals surface area contributed by atoms with Gasteiger partial charge in [0.25, 0.3) is 0 Å². The topological polar surface area (TPSA) is 113 Å². The molecule has 6 rings (SSSR count). The van der Waals surface area contributed by atoms with Crippen LogP contribution in [0, 0.1) is 6.92 Å². The van der Waals surface area contributed by atoms with Crippen molar-refractivity contribution in [3.8, 4) is 28.4 Å². The zero-order valence-electron chi connectivity index (χ0n) is 21.1. The molecule has 9 nitrogen and oxygen atoms in total. The van der Waals surface area contributed by atoms with Crippen molar-refractivity contribution in [1.82, 2.24) is 25.3 Å². The molecule has 1 aliphatic heterocycles. The first-order valence-corrected chi connectivity index (χ1v) is 13.3. The van der Waals surface area contributed by atoms with E-state index in [-0.39, 0.29) is 56.9 Å². The van der Waals surface area contributed by atoms with Crippen molar-refractivity contribution in [3.63, 3.8) is 0 Å². The van der Waals surface area contributed by atoms with E-state index in [1.807, 2.05) is 44.2 Å². The van der Waals surface area contributed by atoms with Gasteiger partial charge in [0, 0.05) is 31.7 Å². The summed E-state index contributed by atoms with van der Waals surface area (Å²) in [5.41, 5.74) is 4.58. The molecule has 0 radical (unpaired) electrons. The van der Waals surface area contributed by atoms with Gasteiger partial charge in [0.05, 0.1) is 23.3 Å². The molecule has 1 aliphatic rings. The third-order valence-electron chi connectivity index (χ3n) is 6.58. The first kappa shape index (κ1) is 28.0. The van der Waals surface area contributed by atoms with Crippen LogP contribution in [0.4, 0.5) is 5.95 Å². The summed E-state index contributed by atoms with van der Waals surface area (Å²) >= 11 is 1.52. The van der Waals surface area contributed by atoms with Crippen LogP contribution in [0.25, 0.3) is 42.9 Å². The van der Waals surface area contributed by atoms with Crippen molar-refractivity contribution in [2.24, 2.45) is 0 Å². The number of fused-ring (bicyclic) bond motifs is 3. The quantitative estimate of drug-likeness (QED) is 0.293. The van der Waals surface area contributed by atoms with Crippen molar-refractivity contribution in [1.29, 1.82) is 0 Å². The van der Waals surface area contributed by atoms with E-state index in [1.165, 1.54) is 11.3 Å². The summed E-state index contributed by atoms with van der Waals surface area (Å²) in [6.07, 6.45) is 0. The fraction of sp³-hybridized carbons (Fsp3) is 0.250. The Kier molecular flexibility index (Phi) is 8.57. The number of piperazine rings is 1. The van der Waals surface area contributed by atoms with Crippen LogP contribution in [0.2, 0.25) is 0 Å². The SMILES string of the molecule is CCOc1nc(N2CCNCC2)nc2c1sc1nc(-c3ccc(-c4cccc(C(=O)O)c4)cc3)nc(C)c12.[KH]. The Bertz CT molecular complexity index is 1670.